The lowest BCUT2D eigenvalue weighted by Gasteiger charge is -2.08. The minimum absolute atomic E-state index is 0.144. The Hall–Kier alpha value is -1.83. The zero-order valence-corrected chi connectivity index (χ0v) is 15.4. The summed E-state index contributed by atoms with van der Waals surface area (Å²) in [6.07, 6.45) is 0. The lowest BCUT2D eigenvalue weighted by atomic mass is 10.2. The van der Waals surface area contributed by atoms with Gasteiger partial charge in [0.05, 0.1) is 11.1 Å². The predicted molar refractivity (Wildman–Crippen MR) is 101 cm³/mol. The van der Waals surface area contributed by atoms with Crippen molar-refractivity contribution in [3.8, 4) is 0 Å². The first-order valence-electron chi connectivity index (χ1n) is 7.11. The summed E-state index contributed by atoms with van der Waals surface area (Å²) in [6.45, 7) is 3.82. The number of carbonyl (C=O) groups excluding carboxylic acids is 1. The van der Waals surface area contributed by atoms with Gasteiger partial charge >= 0.3 is 0 Å². The van der Waals surface area contributed by atoms with Crippen molar-refractivity contribution in [2.24, 2.45) is 0 Å². The molecule has 0 bridgehead atoms. The second kappa shape index (κ2) is 6.96. The number of rotatable bonds is 4. The third-order valence-corrected chi connectivity index (χ3v) is 5.37. The number of nitrogens with zero attached hydrogens (tertiary/aromatic N) is 1. The Morgan fingerprint density at radius 3 is 2.96 bits per heavy atom. The number of hydrogen-bond donors (Lipinski definition) is 2. The van der Waals surface area contributed by atoms with Crippen LogP contribution < -0.4 is 10.9 Å². The molecule has 0 fully saturated rings. The van der Waals surface area contributed by atoms with E-state index >= 15 is 0 Å². The molecule has 0 radical (unpaired) electrons. The number of aromatic amines is 1. The molecule has 0 atom stereocenters. The number of aryl methyl sites for hydroxylation is 2. The summed E-state index contributed by atoms with van der Waals surface area (Å²) in [4.78, 5) is 32.9. The Labute approximate surface area is 151 Å². The van der Waals surface area contributed by atoms with E-state index in [9.17, 15) is 9.59 Å². The van der Waals surface area contributed by atoms with Gasteiger partial charge in [-0.1, -0.05) is 29.4 Å². The molecule has 0 unspecified atom stereocenters. The van der Waals surface area contributed by atoms with Crippen molar-refractivity contribution in [1.29, 1.82) is 0 Å². The highest BCUT2D eigenvalue weighted by Crippen LogP contribution is 2.23. The van der Waals surface area contributed by atoms with E-state index in [1.807, 2.05) is 26.0 Å². The Bertz CT molecular complexity index is 981. The van der Waals surface area contributed by atoms with Crippen LogP contribution in [0.25, 0.3) is 10.2 Å². The number of thiophene rings is 1. The van der Waals surface area contributed by atoms with E-state index in [0.29, 0.717) is 26.1 Å². The van der Waals surface area contributed by atoms with Crippen LogP contribution in [0.1, 0.15) is 10.4 Å². The molecule has 1 aromatic carbocycles. The molecular formula is C16H14ClN3O2S2. The summed E-state index contributed by atoms with van der Waals surface area (Å²) < 4.78 is 0. The van der Waals surface area contributed by atoms with E-state index in [1.165, 1.54) is 23.1 Å². The lowest BCUT2D eigenvalue weighted by molar-refractivity contribution is -0.113. The molecule has 124 valence electrons. The molecule has 0 aliphatic rings. The van der Waals surface area contributed by atoms with E-state index in [4.69, 9.17) is 11.6 Å². The summed E-state index contributed by atoms with van der Waals surface area (Å²) in [5.74, 6) is -0.0411. The molecule has 0 spiro atoms. The maximum Gasteiger partial charge on any atom is 0.260 e. The lowest BCUT2D eigenvalue weighted by Crippen LogP contribution is -2.16. The highest BCUT2D eigenvalue weighted by molar-refractivity contribution is 7.99. The van der Waals surface area contributed by atoms with E-state index < -0.39 is 0 Å². The Balaban J connectivity index is 1.70. The number of halogens is 1. The first kappa shape index (κ1) is 17.0. The molecular weight excluding hydrogens is 366 g/mol. The van der Waals surface area contributed by atoms with Gasteiger partial charge in [-0.15, -0.1) is 11.3 Å². The third-order valence-electron chi connectivity index (χ3n) is 3.32. The molecule has 3 aromatic rings. The quantitative estimate of drug-likeness (QED) is 0.531. The van der Waals surface area contributed by atoms with Crippen LogP contribution in [0.3, 0.4) is 0 Å². The number of amides is 1. The molecule has 0 saturated carbocycles. The van der Waals surface area contributed by atoms with Crippen LogP contribution in [0, 0.1) is 13.8 Å². The first-order valence-corrected chi connectivity index (χ1v) is 9.29. The molecule has 5 nitrogen and oxygen atoms in total. The fourth-order valence-corrected chi connectivity index (χ4v) is 3.92. The van der Waals surface area contributed by atoms with Gasteiger partial charge in [-0.3, -0.25) is 9.59 Å². The molecule has 0 saturated heterocycles. The van der Waals surface area contributed by atoms with Gasteiger partial charge < -0.3 is 10.3 Å². The highest BCUT2D eigenvalue weighted by atomic mass is 35.5. The topological polar surface area (TPSA) is 74.8 Å². The van der Waals surface area contributed by atoms with Crippen LogP contribution in [0.4, 0.5) is 5.69 Å². The third kappa shape index (κ3) is 3.80. The van der Waals surface area contributed by atoms with Crippen molar-refractivity contribution in [2.75, 3.05) is 11.1 Å². The first-order chi connectivity index (χ1) is 11.4. The SMILES string of the molecule is Cc1cc2c(=O)[nH]c(SCC(=O)Nc3cc(Cl)ccc3C)nc2s1. The molecule has 0 aliphatic carbocycles. The minimum Gasteiger partial charge on any atom is -0.325 e. The summed E-state index contributed by atoms with van der Waals surface area (Å²) >= 11 is 8.60. The van der Waals surface area contributed by atoms with Crippen molar-refractivity contribution in [3.05, 3.63) is 50.1 Å². The van der Waals surface area contributed by atoms with E-state index in [-0.39, 0.29) is 17.2 Å². The average molecular weight is 380 g/mol. The number of anilines is 1. The van der Waals surface area contributed by atoms with Gasteiger partial charge in [0.25, 0.3) is 5.56 Å². The molecule has 0 aliphatic heterocycles. The molecule has 24 heavy (non-hydrogen) atoms. The highest BCUT2D eigenvalue weighted by Gasteiger charge is 2.10. The standard InChI is InChI=1S/C16H14ClN3O2S2/c1-8-3-4-10(17)6-12(8)18-13(21)7-23-16-19-14(22)11-5-9(2)24-15(11)20-16/h3-6H,7H2,1-2H3,(H,18,21)(H,19,20,22). The van der Waals surface area contributed by atoms with Crippen LogP contribution in [0.5, 0.6) is 0 Å². The number of benzene rings is 1. The fourth-order valence-electron chi connectivity index (χ4n) is 2.15. The minimum atomic E-state index is -0.185. The van der Waals surface area contributed by atoms with Crippen LogP contribution >= 0.6 is 34.7 Å². The van der Waals surface area contributed by atoms with Gasteiger partial charge in [0.2, 0.25) is 5.91 Å². The number of thioether (sulfide) groups is 1. The van der Waals surface area contributed by atoms with Crippen molar-refractivity contribution in [2.45, 2.75) is 19.0 Å². The Morgan fingerprint density at radius 1 is 1.38 bits per heavy atom. The van der Waals surface area contributed by atoms with E-state index in [1.54, 1.807) is 12.1 Å². The van der Waals surface area contributed by atoms with Crippen molar-refractivity contribution in [1.82, 2.24) is 9.97 Å². The van der Waals surface area contributed by atoms with Gasteiger partial charge in [-0.05, 0) is 37.6 Å². The smallest absolute Gasteiger partial charge is 0.260 e. The number of H-pyrrole nitrogens is 1. The van der Waals surface area contributed by atoms with Crippen LogP contribution in [0.2, 0.25) is 5.02 Å². The van der Waals surface area contributed by atoms with Crippen LogP contribution in [-0.4, -0.2) is 21.6 Å². The molecule has 2 aromatic heterocycles. The van der Waals surface area contributed by atoms with Crippen LogP contribution in [0.15, 0.2) is 34.2 Å². The van der Waals surface area contributed by atoms with Crippen LogP contribution in [-0.2, 0) is 4.79 Å². The van der Waals surface area contributed by atoms with E-state index in [2.05, 4.69) is 15.3 Å². The molecule has 2 N–H and O–H groups in total. The summed E-state index contributed by atoms with van der Waals surface area (Å²) in [7, 11) is 0. The number of aromatic nitrogens is 2. The Kier molecular flexibility index (Phi) is 4.93. The maximum atomic E-state index is 12.1. The molecule has 3 rings (SSSR count). The average Bonchev–Trinajstić information content (AvgIpc) is 2.90. The molecule has 8 heteroatoms. The zero-order chi connectivity index (χ0) is 17.3. The van der Waals surface area contributed by atoms with Gasteiger partial charge in [0.1, 0.15) is 4.83 Å². The fraction of sp³-hybridized carbons (Fsp3) is 0.188. The summed E-state index contributed by atoms with van der Waals surface area (Å²) in [6, 6.07) is 7.14. The summed E-state index contributed by atoms with van der Waals surface area (Å²) in [5.41, 5.74) is 1.43. The molecule has 2 heterocycles. The maximum absolute atomic E-state index is 12.1. The van der Waals surface area contributed by atoms with Crippen molar-refractivity contribution in [3.63, 3.8) is 0 Å². The Morgan fingerprint density at radius 2 is 2.17 bits per heavy atom. The number of carbonyl (C=O) groups is 1. The zero-order valence-electron chi connectivity index (χ0n) is 13.0. The van der Waals surface area contributed by atoms with Gasteiger partial charge in [-0.2, -0.15) is 0 Å². The monoisotopic (exact) mass is 379 g/mol. The van der Waals surface area contributed by atoms with E-state index in [0.717, 1.165) is 10.4 Å². The van der Waals surface area contributed by atoms with Gasteiger partial charge in [0.15, 0.2) is 5.16 Å². The van der Waals surface area contributed by atoms with Crippen molar-refractivity contribution < 1.29 is 4.79 Å². The second-order valence-electron chi connectivity index (χ2n) is 5.24. The number of nitrogens with one attached hydrogen (secondary N) is 2. The van der Waals surface area contributed by atoms with Gasteiger partial charge in [0, 0.05) is 15.6 Å². The predicted octanol–water partition coefficient (Wildman–Crippen LogP) is 3.99. The summed E-state index contributed by atoms with van der Waals surface area (Å²) in [5, 5.41) is 4.40. The van der Waals surface area contributed by atoms with Crippen molar-refractivity contribution >= 4 is 56.5 Å². The number of fused-ring (bicyclic) bond motifs is 1. The number of hydrogen-bond acceptors (Lipinski definition) is 5. The molecule has 1 amide bonds. The largest absolute Gasteiger partial charge is 0.325 e. The van der Waals surface area contributed by atoms with Gasteiger partial charge in [-0.25, -0.2) is 4.98 Å². The second-order valence-corrected chi connectivity index (χ2v) is 7.88. The normalized spacial score (nSPS) is 11.0.